The Morgan fingerprint density at radius 1 is 1.07 bits per heavy atom. The maximum absolute atomic E-state index is 13.9. The van der Waals surface area contributed by atoms with Crippen LogP contribution in [0.2, 0.25) is 5.02 Å². The van der Waals surface area contributed by atoms with Crippen molar-refractivity contribution in [1.82, 2.24) is 14.8 Å². The molecule has 0 unspecified atom stereocenters. The standard InChI is InChI=1S/C33H34ClN5O3S/c1-19-16-25-30(28(21-8-10-23(34)11-9-21)27(19)29(20(2)40)42-33(3,4)5)43-31(36-25)39-15-7-14-38(32(39)41)24-12-13-26-22(17-24)18-35-37(26)6/h8-13,16-18,29H,7,14-15H2,1-6H3/t29-/m1/s1. The van der Waals surface area contributed by atoms with E-state index in [1.165, 1.54) is 11.3 Å². The minimum atomic E-state index is -0.768. The molecule has 8 nitrogen and oxygen atoms in total. The van der Waals surface area contributed by atoms with E-state index in [0.717, 1.165) is 55.5 Å². The Morgan fingerprint density at radius 2 is 1.79 bits per heavy atom. The first-order valence-electron chi connectivity index (χ1n) is 14.3. The van der Waals surface area contributed by atoms with E-state index in [2.05, 4.69) is 5.10 Å². The van der Waals surface area contributed by atoms with E-state index in [1.54, 1.807) is 11.8 Å². The highest BCUT2D eigenvalue weighted by Crippen LogP contribution is 2.45. The number of amides is 2. The molecule has 0 aliphatic carbocycles. The zero-order valence-electron chi connectivity index (χ0n) is 25.1. The molecule has 3 heterocycles. The lowest BCUT2D eigenvalue weighted by Crippen LogP contribution is -2.49. The zero-order valence-corrected chi connectivity index (χ0v) is 26.7. The summed E-state index contributed by atoms with van der Waals surface area (Å²) in [5, 5.41) is 6.57. The highest BCUT2D eigenvalue weighted by atomic mass is 35.5. The van der Waals surface area contributed by atoms with E-state index in [1.807, 2.05) is 99.1 Å². The fraction of sp³-hybridized carbons (Fsp3) is 0.333. The van der Waals surface area contributed by atoms with Crippen molar-refractivity contribution in [2.45, 2.75) is 52.7 Å². The molecule has 1 aliphatic heterocycles. The maximum Gasteiger partial charge on any atom is 0.330 e. The third-order valence-electron chi connectivity index (χ3n) is 7.65. The number of ether oxygens (including phenoxy) is 1. The number of aryl methyl sites for hydroxylation is 2. The first-order chi connectivity index (χ1) is 20.4. The summed E-state index contributed by atoms with van der Waals surface area (Å²) in [6.45, 7) is 10.6. The van der Waals surface area contributed by atoms with E-state index in [0.29, 0.717) is 23.2 Å². The molecule has 10 heteroatoms. The summed E-state index contributed by atoms with van der Waals surface area (Å²) in [5.74, 6) is -0.0789. The molecule has 5 aromatic rings. The number of fused-ring (bicyclic) bond motifs is 2. The number of ketones is 1. The normalized spacial score (nSPS) is 15.1. The summed E-state index contributed by atoms with van der Waals surface area (Å²) < 4.78 is 9.08. The predicted octanol–water partition coefficient (Wildman–Crippen LogP) is 8.09. The monoisotopic (exact) mass is 615 g/mol. The van der Waals surface area contributed by atoms with Gasteiger partial charge in [0.05, 0.1) is 27.5 Å². The van der Waals surface area contributed by atoms with Crippen LogP contribution >= 0.6 is 22.9 Å². The van der Waals surface area contributed by atoms with Crippen molar-refractivity contribution in [2.75, 3.05) is 22.9 Å². The second-order valence-corrected chi connectivity index (χ2v) is 13.4. The molecule has 2 amide bonds. The number of halogens is 1. The third kappa shape index (κ3) is 5.53. The minimum Gasteiger partial charge on any atom is -0.360 e. The van der Waals surface area contributed by atoms with E-state index >= 15 is 0 Å². The van der Waals surface area contributed by atoms with E-state index < -0.39 is 11.7 Å². The number of nitrogens with zero attached hydrogens (tertiary/aromatic N) is 5. The van der Waals surface area contributed by atoms with Gasteiger partial charge in [-0.15, -0.1) is 0 Å². The number of aromatic nitrogens is 3. The van der Waals surface area contributed by atoms with Crippen LogP contribution in [0.15, 0.2) is 54.7 Å². The number of urea groups is 1. The molecule has 0 N–H and O–H groups in total. The highest BCUT2D eigenvalue weighted by Gasteiger charge is 2.33. The number of carbonyl (C=O) groups is 2. The van der Waals surface area contributed by atoms with Crippen molar-refractivity contribution in [3.63, 3.8) is 0 Å². The quantitative estimate of drug-likeness (QED) is 0.193. The van der Waals surface area contributed by atoms with Gasteiger partial charge in [0.1, 0.15) is 6.10 Å². The van der Waals surface area contributed by atoms with Crippen LogP contribution in [-0.4, -0.2) is 45.3 Å². The van der Waals surface area contributed by atoms with Crippen molar-refractivity contribution in [3.8, 4) is 11.1 Å². The highest BCUT2D eigenvalue weighted by molar-refractivity contribution is 7.23. The van der Waals surface area contributed by atoms with Crippen LogP contribution in [-0.2, 0) is 16.6 Å². The average Bonchev–Trinajstić information content (AvgIpc) is 3.54. The van der Waals surface area contributed by atoms with Crippen molar-refractivity contribution in [2.24, 2.45) is 7.05 Å². The minimum absolute atomic E-state index is 0.0789. The molecule has 0 bridgehead atoms. The van der Waals surface area contributed by atoms with Gasteiger partial charge in [-0.25, -0.2) is 9.78 Å². The Kier molecular flexibility index (Phi) is 7.52. The lowest BCUT2D eigenvalue weighted by Gasteiger charge is -2.34. The summed E-state index contributed by atoms with van der Waals surface area (Å²) in [5.41, 5.74) is 5.56. The van der Waals surface area contributed by atoms with E-state index in [9.17, 15) is 9.59 Å². The molecule has 1 aliphatic rings. The molecule has 43 heavy (non-hydrogen) atoms. The lowest BCUT2D eigenvalue weighted by atomic mass is 9.90. The Labute approximate surface area is 259 Å². The van der Waals surface area contributed by atoms with Gasteiger partial charge in [0, 0.05) is 47.4 Å². The van der Waals surface area contributed by atoms with Crippen LogP contribution in [0.1, 0.15) is 51.3 Å². The van der Waals surface area contributed by atoms with Crippen LogP contribution in [0.4, 0.5) is 15.6 Å². The van der Waals surface area contributed by atoms with E-state index in [-0.39, 0.29) is 11.8 Å². The van der Waals surface area contributed by atoms with Gasteiger partial charge >= 0.3 is 6.03 Å². The molecule has 6 rings (SSSR count). The van der Waals surface area contributed by atoms with Crippen molar-refractivity contribution < 1.29 is 14.3 Å². The summed E-state index contributed by atoms with van der Waals surface area (Å²) in [4.78, 5) is 35.6. The van der Waals surface area contributed by atoms with Crippen molar-refractivity contribution in [1.29, 1.82) is 0 Å². The molecule has 0 radical (unpaired) electrons. The van der Waals surface area contributed by atoms with Crippen molar-refractivity contribution in [3.05, 3.63) is 70.9 Å². The zero-order chi connectivity index (χ0) is 30.6. The summed E-state index contributed by atoms with van der Waals surface area (Å²) in [6.07, 6.45) is 1.84. The first kappa shape index (κ1) is 29.3. The molecule has 1 atom stereocenters. The number of hydrogen-bond acceptors (Lipinski definition) is 6. The molecular weight excluding hydrogens is 582 g/mol. The number of Topliss-reactive ketones (excluding diaryl/α,β-unsaturated/α-hetero) is 1. The molecular formula is C33H34ClN5O3S. The first-order valence-corrected chi connectivity index (χ1v) is 15.5. The van der Waals surface area contributed by atoms with Gasteiger partial charge in [-0.2, -0.15) is 5.10 Å². The van der Waals surface area contributed by atoms with Gasteiger partial charge < -0.3 is 4.74 Å². The van der Waals surface area contributed by atoms with Crippen LogP contribution in [0, 0.1) is 6.92 Å². The number of carbonyl (C=O) groups excluding carboxylic acids is 2. The second kappa shape index (κ2) is 11.0. The van der Waals surface area contributed by atoms with Gasteiger partial charge in [-0.1, -0.05) is 35.1 Å². The third-order valence-corrected chi connectivity index (χ3v) is 9.01. The maximum atomic E-state index is 13.9. The topological polar surface area (TPSA) is 80.6 Å². The van der Waals surface area contributed by atoms with Crippen LogP contribution in [0.25, 0.3) is 32.2 Å². The van der Waals surface area contributed by atoms with E-state index in [4.69, 9.17) is 21.3 Å². The van der Waals surface area contributed by atoms with Gasteiger partial charge in [0.25, 0.3) is 0 Å². The molecule has 1 saturated heterocycles. The largest absolute Gasteiger partial charge is 0.360 e. The molecule has 0 saturated carbocycles. The Bertz CT molecular complexity index is 1870. The second-order valence-electron chi connectivity index (χ2n) is 12.0. The molecule has 0 spiro atoms. The SMILES string of the molecule is CC(=O)[C@@H](OC(C)(C)C)c1c(C)cc2nc(N3CCCN(c4ccc5c(cnn5C)c4)C3=O)sc2c1-c1ccc(Cl)cc1. The van der Waals surface area contributed by atoms with Gasteiger partial charge in [0.15, 0.2) is 10.9 Å². The molecule has 3 aromatic carbocycles. The molecule has 2 aromatic heterocycles. The number of thiazole rings is 1. The number of rotatable bonds is 6. The number of hydrogen-bond donors (Lipinski definition) is 0. The summed E-state index contributed by atoms with van der Waals surface area (Å²) in [6, 6.07) is 15.4. The number of anilines is 2. The fourth-order valence-corrected chi connectivity index (χ4v) is 6.99. The lowest BCUT2D eigenvalue weighted by molar-refractivity contribution is -0.138. The fourth-order valence-electron chi connectivity index (χ4n) is 5.71. The Hall–Kier alpha value is -3.79. The van der Waals surface area contributed by atoms with Crippen LogP contribution in [0.3, 0.4) is 0 Å². The van der Waals surface area contributed by atoms with Gasteiger partial charge in [0.2, 0.25) is 0 Å². The predicted molar refractivity (Wildman–Crippen MR) is 174 cm³/mol. The smallest absolute Gasteiger partial charge is 0.330 e. The molecule has 1 fully saturated rings. The van der Waals surface area contributed by atoms with Gasteiger partial charge in [-0.3, -0.25) is 19.3 Å². The molecule has 222 valence electrons. The summed E-state index contributed by atoms with van der Waals surface area (Å²) in [7, 11) is 1.90. The average molecular weight is 616 g/mol. The Morgan fingerprint density at radius 3 is 2.49 bits per heavy atom. The van der Waals surface area contributed by atoms with Gasteiger partial charge in [-0.05, 0) is 88.6 Å². The summed E-state index contributed by atoms with van der Waals surface area (Å²) >= 11 is 7.73. The van der Waals surface area contributed by atoms with Crippen LogP contribution < -0.4 is 9.80 Å². The number of benzene rings is 3. The van der Waals surface area contributed by atoms with Crippen LogP contribution in [0.5, 0.6) is 0 Å². The Balaban J connectivity index is 1.47. The van der Waals surface area contributed by atoms with Crippen molar-refractivity contribution >= 4 is 66.7 Å².